The second kappa shape index (κ2) is 7.29. The van der Waals surface area contributed by atoms with Gasteiger partial charge in [-0.1, -0.05) is 31.7 Å². The zero-order valence-electron chi connectivity index (χ0n) is 12.3. The Kier molecular flexibility index (Phi) is 5.41. The first kappa shape index (κ1) is 14.9. The van der Waals surface area contributed by atoms with Crippen LogP contribution in [0.1, 0.15) is 38.5 Å². The van der Waals surface area contributed by atoms with E-state index in [-0.39, 0.29) is 5.91 Å². The fraction of sp³-hybridized carbons (Fsp3) is 0.562. The molecule has 4 heteroatoms. The molecule has 1 aliphatic rings. The molecule has 2 rings (SSSR count). The van der Waals surface area contributed by atoms with Crippen molar-refractivity contribution in [3.05, 3.63) is 24.3 Å². The summed E-state index contributed by atoms with van der Waals surface area (Å²) in [5, 5.41) is 2.91. The highest BCUT2D eigenvalue weighted by atomic mass is 16.2. The van der Waals surface area contributed by atoms with Crippen LogP contribution in [0.3, 0.4) is 0 Å². The Morgan fingerprint density at radius 2 is 2.00 bits per heavy atom. The Bertz CT molecular complexity index is 439. The van der Waals surface area contributed by atoms with Crippen molar-refractivity contribution in [3.8, 4) is 0 Å². The largest absolute Gasteiger partial charge is 0.399 e. The van der Waals surface area contributed by atoms with Crippen molar-refractivity contribution in [2.24, 2.45) is 0 Å². The molecule has 0 saturated heterocycles. The van der Waals surface area contributed by atoms with Gasteiger partial charge in [0, 0.05) is 17.4 Å². The van der Waals surface area contributed by atoms with Crippen LogP contribution < -0.4 is 11.1 Å². The van der Waals surface area contributed by atoms with Gasteiger partial charge in [0.25, 0.3) is 0 Å². The number of nitrogens with two attached hydrogens (primary N) is 1. The minimum absolute atomic E-state index is 0.0300. The van der Waals surface area contributed by atoms with Crippen molar-refractivity contribution in [2.75, 3.05) is 24.6 Å². The van der Waals surface area contributed by atoms with Crippen LogP contribution in [-0.2, 0) is 4.79 Å². The molecule has 1 saturated carbocycles. The lowest BCUT2D eigenvalue weighted by Gasteiger charge is -2.26. The van der Waals surface area contributed by atoms with E-state index in [9.17, 15) is 4.79 Å². The number of benzene rings is 1. The maximum Gasteiger partial charge on any atom is 0.238 e. The summed E-state index contributed by atoms with van der Waals surface area (Å²) >= 11 is 0. The molecule has 20 heavy (non-hydrogen) atoms. The molecule has 0 aliphatic heterocycles. The number of likely N-dealkylation sites (N-methyl/N-ethyl adjacent to an activating group) is 1. The van der Waals surface area contributed by atoms with Gasteiger partial charge in [-0.2, -0.15) is 0 Å². The maximum absolute atomic E-state index is 12.1. The van der Waals surface area contributed by atoms with Gasteiger partial charge in [0.1, 0.15) is 0 Å². The van der Waals surface area contributed by atoms with E-state index < -0.39 is 0 Å². The molecule has 0 bridgehead atoms. The fourth-order valence-corrected chi connectivity index (χ4v) is 2.87. The highest BCUT2D eigenvalue weighted by Gasteiger charge is 2.18. The van der Waals surface area contributed by atoms with E-state index >= 15 is 0 Å². The number of anilines is 2. The average Bonchev–Trinajstić information content (AvgIpc) is 2.67. The van der Waals surface area contributed by atoms with E-state index in [1.54, 1.807) is 6.07 Å². The number of amides is 1. The van der Waals surface area contributed by atoms with Gasteiger partial charge in [0.15, 0.2) is 0 Å². The quantitative estimate of drug-likeness (QED) is 0.656. The third kappa shape index (κ3) is 4.53. The molecule has 0 atom stereocenters. The molecule has 1 aromatic rings. The molecule has 3 N–H and O–H groups in total. The Morgan fingerprint density at radius 3 is 2.65 bits per heavy atom. The highest BCUT2D eigenvalue weighted by molar-refractivity contribution is 5.92. The number of carbonyl (C=O) groups is 1. The summed E-state index contributed by atoms with van der Waals surface area (Å²) in [4.78, 5) is 14.3. The van der Waals surface area contributed by atoms with Gasteiger partial charge in [0.2, 0.25) is 5.91 Å². The smallest absolute Gasteiger partial charge is 0.238 e. The van der Waals surface area contributed by atoms with E-state index in [0.29, 0.717) is 18.3 Å². The van der Waals surface area contributed by atoms with Crippen LogP contribution >= 0.6 is 0 Å². The number of nitrogen functional groups attached to an aromatic ring is 1. The number of hydrogen-bond donors (Lipinski definition) is 2. The van der Waals surface area contributed by atoms with Gasteiger partial charge in [-0.25, -0.2) is 0 Å². The molecule has 0 aromatic heterocycles. The first-order chi connectivity index (χ1) is 9.65. The zero-order chi connectivity index (χ0) is 14.4. The second-order valence-corrected chi connectivity index (χ2v) is 5.73. The van der Waals surface area contributed by atoms with E-state index in [0.717, 1.165) is 5.69 Å². The van der Waals surface area contributed by atoms with E-state index in [4.69, 9.17) is 5.73 Å². The standard InChI is InChI=1S/C16H25N3O/c1-19(15-9-4-2-3-5-10-15)12-16(20)18-14-8-6-7-13(17)11-14/h6-8,11,15H,2-5,9-10,12,17H2,1H3,(H,18,20). The van der Waals surface area contributed by atoms with Gasteiger partial charge >= 0.3 is 0 Å². The van der Waals surface area contributed by atoms with Crippen LogP contribution in [0.4, 0.5) is 11.4 Å². The summed E-state index contributed by atoms with van der Waals surface area (Å²) in [5.41, 5.74) is 7.14. The molecule has 0 spiro atoms. The number of nitrogens with zero attached hydrogens (tertiary/aromatic N) is 1. The van der Waals surface area contributed by atoms with Gasteiger partial charge < -0.3 is 11.1 Å². The lowest BCUT2D eigenvalue weighted by Crippen LogP contribution is -2.37. The number of hydrogen-bond acceptors (Lipinski definition) is 3. The van der Waals surface area contributed by atoms with E-state index in [2.05, 4.69) is 17.3 Å². The number of nitrogens with one attached hydrogen (secondary N) is 1. The van der Waals surface area contributed by atoms with Crippen LogP contribution in [0.25, 0.3) is 0 Å². The molecule has 4 nitrogen and oxygen atoms in total. The minimum Gasteiger partial charge on any atom is -0.399 e. The van der Waals surface area contributed by atoms with Crippen molar-refractivity contribution in [1.82, 2.24) is 4.90 Å². The van der Waals surface area contributed by atoms with Gasteiger partial charge in [0.05, 0.1) is 6.54 Å². The summed E-state index contributed by atoms with van der Waals surface area (Å²) in [6, 6.07) is 7.85. The summed E-state index contributed by atoms with van der Waals surface area (Å²) in [6.07, 6.45) is 7.65. The van der Waals surface area contributed by atoms with Crippen LogP contribution in [-0.4, -0.2) is 30.4 Å². The Hall–Kier alpha value is -1.55. The zero-order valence-corrected chi connectivity index (χ0v) is 12.3. The van der Waals surface area contributed by atoms with Crippen molar-refractivity contribution in [3.63, 3.8) is 0 Å². The topological polar surface area (TPSA) is 58.4 Å². The summed E-state index contributed by atoms with van der Waals surface area (Å²) in [7, 11) is 2.05. The summed E-state index contributed by atoms with van der Waals surface area (Å²) in [6.45, 7) is 0.444. The van der Waals surface area contributed by atoms with Gasteiger partial charge in [-0.15, -0.1) is 0 Å². The number of carbonyl (C=O) groups excluding carboxylic acids is 1. The number of rotatable bonds is 4. The van der Waals surface area contributed by atoms with Crippen LogP contribution in [0.15, 0.2) is 24.3 Å². The van der Waals surface area contributed by atoms with E-state index in [1.807, 2.05) is 18.2 Å². The molecule has 1 fully saturated rings. The minimum atomic E-state index is 0.0300. The molecular formula is C16H25N3O. The highest BCUT2D eigenvalue weighted by Crippen LogP contribution is 2.21. The van der Waals surface area contributed by atoms with Crippen molar-refractivity contribution in [2.45, 2.75) is 44.6 Å². The molecule has 0 heterocycles. The van der Waals surface area contributed by atoms with Gasteiger partial charge in [-0.05, 0) is 38.1 Å². The van der Waals surface area contributed by atoms with Crippen molar-refractivity contribution >= 4 is 17.3 Å². The van der Waals surface area contributed by atoms with Crippen LogP contribution in [0.5, 0.6) is 0 Å². The maximum atomic E-state index is 12.1. The molecule has 1 aromatic carbocycles. The first-order valence-electron chi connectivity index (χ1n) is 7.51. The van der Waals surface area contributed by atoms with Crippen LogP contribution in [0.2, 0.25) is 0 Å². The summed E-state index contributed by atoms with van der Waals surface area (Å²) < 4.78 is 0. The normalized spacial score (nSPS) is 16.9. The molecule has 1 aliphatic carbocycles. The first-order valence-corrected chi connectivity index (χ1v) is 7.51. The van der Waals surface area contributed by atoms with Gasteiger partial charge in [-0.3, -0.25) is 9.69 Å². The lowest BCUT2D eigenvalue weighted by atomic mass is 10.1. The van der Waals surface area contributed by atoms with Crippen molar-refractivity contribution < 1.29 is 4.79 Å². The predicted octanol–water partition coefficient (Wildman–Crippen LogP) is 2.86. The molecule has 1 amide bonds. The lowest BCUT2D eigenvalue weighted by molar-refractivity contribution is -0.117. The van der Waals surface area contributed by atoms with Crippen LogP contribution in [0, 0.1) is 0 Å². The molecule has 0 unspecified atom stereocenters. The Balaban J connectivity index is 1.84. The molecular weight excluding hydrogens is 250 g/mol. The monoisotopic (exact) mass is 275 g/mol. The predicted molar refractivity (Wildman–Crippen MR) is 83.6 cm³/mol. The van der Waals surface area contributed by atoms with Crippen molar-refractivity contribution in [1.29, 1.82) is 0 Å². The summed E-state index contributed by atoms with van der Waals surface area (Å²) in [5.74, 6) is 0.0300. The Morgan fingerprint density at radius 1 is 1.30 bits per heavy atom. The Labute approximate surface area is 121 Å². The SMILES string of the molecule is CN(CC(=O)Nc1cccc(N)c1)C1CCCCCC1. The van der Waals surface area contributed by atoms with E-state index in [1.165, 1.54) is 38.5 Å². The molecule has 110 valence electrons. The third-order valence-corrected chi connectivity index (χ3v) is 4.01. The molecule has 0 radical (unpaired) electrons. The fourth-order valence-electron chi connectivity index (χ4n) is 2.87. The average molecular weight is 275 g/mol. The third-order valence-electron chi connectivity index (χ3n) is 4.01. The second-order valence-electron chi connectivity index (χ2n) is 5.73.